The molecule has 2 aromatic rings. The number of pyridine rings is 1. The molecule has 1 aliphatic carbocycles. The second-order valence-electron chi connectivity index (χ2n) is 5.58. The van der Waals surface area contributed by atoms with Gasteiger partial charge in [-0.25, -0.2) is 4.98 Å². The summed E-state index contributed by atoms with van der Waals surface area (Å²) in [5.74, 6) is -0.00332. The van der Waals surface area contributed by atoms with Gasteiger partial charge in [-0.2, -0.15) is 0 Å². The zero-order chi connectivity index (χ0) is 16.1. The molecule has 23 heavy (non-hydrogen) atoms. The van der Waals surface area contributed by atoms with E-state index in [2.05, 4.69) is 20.6 Å². The molecule has 2 N–H and O–H groups in total. The average molecular weight is 330 g/mol. The Morgan fingerprint density at radius 3 is 2.83 bits per heavy atom. The molecule has 1 aliphatic rings. The number of carbonyl (C=O) groups excluding carboxylic acids is 2. The van der Waals surface area contributed by atoms with Crippen molar-refractivity contribution < 1.29 is 9.59 Å². The van der Waals surface area contributed by atoms with Crippen LogP contribution in [0.2, 0.25) is 0 Å². The Balaban J connectivity index is 1.52. The summed E-state index contributed by atoms with van der Waals surface area (Å²) in [5, 5.41) is 7.97. The summed E-state index contributed by atoms with van der Waals surface area (Å²) in [5.41, 5.74) is 1.31. The lowest BCUT2D eigenvalue weighted by molar-refractivity contribution is -0.119. The van der Waals surface area contributed by atoms with E-state index in [1.54, 1.807) is 29.9 Å². The van der Waals surface area contributed by atoms with Gasteiger partial charge in [-0.15, -0.1) is 11.3 Å². The number of aromatic nitrogens is 2. The van der Waals surface area contributed by atoms with Crippen molar-refractivity contribution in [2.75, 3.05) is 10.6 Å². The summed E-state index contributed by atoms with van der Waals surface area (Å²) in [6.45, 7) is 0. The van der Waals surface area contributed by atoms with E-state index < -0.39 is 0 Å². The molecule has 6 nitrogen and oxygen atoms in total. The number of hydrogen-bond acceptors (Lipinski definition) is 5. The first kappa shape index (κ1) is 15.6. The summed E-state index contributed by atoms with van der Waals surface area (Å²) < 4.78 is 0. The van der Waals surface area contributed by atoms with Crippen LogP contribution in [0.15, 0.2) is 29.9 Å². The Bertz CT molecular complexity index is 680. The second-order valence-corrected chi connectivity index (χ2v) is 6.44. The molecule has 7 heteroatoms. The minimum absolute atomic E-state index is 0.0446. The van der Waals surface area contributed by atoms with Gasteiger partial charge in [0.15, 0.2) is 5.13 Å². The van der Waals surface area contributed by atoms with Gasteiger partial charge in [0, 0.05) is 17.5 Å². The Labute approximate surface area is 138 Å². The van der Waals surface area contributed by atoms with E-state index in [1.807, 2.05) is 0 Å². The maximum absolute atomic E-state index is 12.1. The highest BCUT2D eigenvalue weighted by Gasteiger charge is 2.23. The summed E-state index contributed by atoms with van der Waals surface area (Å²) in [6.07, 6.45) is 7.56. The molecular formula is C16H18N4O2S. The second kappa shape index (κ2) is 7.32. The van der Waals surface area contributed by atoms with E-state index in [4.69, 9.17) is 0 Å². The summed E-state index contributed by atoms with van der Waals surface area (Å²) in [6, 6.07) is 3.54. The molecule has 0 radical (unpaired) electrons. The van der Waals surface area contributed by atoms with Crippen molar-refractivity contribution in [3.05, 3.63) is 35.6 Å². The topological polar surface area (TPSA) is 84.0 Å². The van der Waals surface area contributed by atoms with E-state index in [1.165, 1.54) is 11.3 Å². The van der Waals surface area contributed by atoms with E-state index in [-0.39, 0.29) is 24.2 Å². The standard InChI is InChI=1S/C16H18N4O2S/c21-14(18-12-6-3-7-17-9-12)8-13-10-23-16(19-13)20-15(22)11-4-1-2-5-11/h3,6-7,9-11H,1-2,4-5,8H2,(H,18,21)(H,19,20,22). The van der Waals surface area contributed by atoms with Gasteiger partial charge in [0.25, 0.3) is 0 Å². The predicted molar refractivity (Wildman–Crippen MR) is 89.3 cm³/mol. The normalized spacial score (nSPS) is 14.6. The zero-order valence-corrected chi connectivity index (χ0v) is 13.4. The smallest absolute Gasteiger partial charge is 0.230 e. The van der Waals surface area contributed by atoms with Crippen LogP contribution in [0.4, 0.5) is 10.8 Å². The molecule has 0 saturated heterocycles. The average Bonchev–Trinajstić information content (AvgIpc) is 3.20. The first-order chi connectivity index (χ1) is 11.2. The van der Waals surface area contributed by atoms with Gasteiger partial charge < -0.3 is 10.6 Å². The van der Waals surface area contributed by atoms with E-state index in [0.29, 0.717) is 16.5 Å². The van der Waals surface area contributed by atoms with Gasteiger partial charge >= 0.3 is 0 Å². The molecule has 0 bridgehead atoms. The number of thiazole rings is 1. The van der Waals surface area contributed by atoms with Crippen LogP contribution >= 0.6 is 11.3 Å². The van der Waals surface area contributed by atoms with Crippen LogP contribution in [0.5, 0.6) is 0 Å². The minimum Gasteiger partial charge on any atom is -0.324 e. The van der Waals surface area contributed by atoms with Gasteiger partial charge in [-0.05, 0) is 25.0 Å². The molecule has 2 amide bonds. The van der Waals surface area contributed by atoms with E-state index >= 15 is 0 Å². The van der Waals surface area contributed by atoms with Crippen molar-refractivity contribution in [2.45, 2.75) is 32.1 Å². The largest absolute Gasteiger partial charge is 0.324 e. The van der Waals surface area contributed by atoms with E-state index in [9.17, 15) is 9.59 Å². The van der Waals surface area contributed by atoms with Crippen LogP contribution in [0.25, 0.3) is 0 Å². The van der Waals surface area contributed by atoms with Crippen LogP contribution in [0.3, 0.4) is 0 Å². The van der Waals surface area contributed by atoms with Crippen molar-refractivity contribution in [3.8, 4) is 0 Å². The molecule has 0 spiro atoms. The number of carbonyl (C=O) groups is 2. The highest BCUT2D eigenvalue weighted by molar-refractivity contribution is 7.13. The Morgan fingerprint density at radius 1 is 1.26 bits per heavy atom. The van der Waals surface area contributed by atoms with Crippen LogP contribution < -0.4 is 10.6 Å². The number of nitrogens with zero attached hydrogens (tertiary/aromatic N) is 2. The van der Waals surface area contributed by atoms with Crippen LogP contribution in [0, 0.1) is 5.92 Å². The van der Waals surface area contributed by atoms with Crippen molar-refractivity contribution in [1.29, 1.82) is 0 Å². The number of amides is 2. The fourth-order valence-corrected chi connectivity index (χ4v) is 3.36. The third kappa shape index (κ3) is 4.35. The van der Waals surface area contributed by atoms with Crippen molar-refractivity contribution >= 4 is 34.0 Å². The van der Waals surface area contributed by atoms with Crippen molar-refractivity contribution in [1.82, 2.24) is 9.97 Å². The van der Waals surface area contributed by atoms with Gasteiger partial charge in [0.2, 0.25) is 11.8 Å². The quantitative estimate of drug-likeness (QED) is 0.883. The van der Waals surface area contributed by atoms with Gasteiger partial charge in [0.1, 0.15) is 0 Å². The Hall–Kier alpha value is -2.28. The highest BCUT2D eigenvalue weighted by Crippen LogP contribution is 2.26. The van der Waals surface area contributed by atoms with Crippen LogP contribution in [-0.2, 0) is 16.0 Å². The number of nitrogens with one attached hydrogen (secondary N) is 2. The molecule has 0 unspecified atom stereocenters. The third-order valence-corrected chi connectivity index (χ3v) is 4.60. The zero-order valence-electron chi connectivity index (χ0n) is 12.6. The highest BCUT2D eigenvalue weighted by atomic mass is 32.1. The van der Waals surface area contributed by atoms with Crippen molar-refractivity contribution in [3.63, 3.8) is 0 Å². The molecule has 1 saturated carbocycles. The number of anilines is 2. The summed E-state index contributed by atoms with van der Waals surface area (Å²) in [7, 11) is 0. The maximum Gasteiger partial charge on any atom is 0.230 e. The molecule has 0 aromatic carbocycles. The maximum atomic E-state index is 12.1. The number of hydrogen-bond donors (Lipinski definition) is 2. The van der Waals surface area contributed by atoms with E-state index in [0.717, 1.165) is 25.7 Å². The van der Waals surface area contributed by atoms with Crippen LogP contribution in [-0.4, -0.2) is 21.8 Å². The van der Waals surface area contributed by atoms with Gasteiger partial charge in [0.05, 0.1) is 24.0 Å². The molecule has 0 aliphatic heterocycles. The fourth-order valence-electron chi connectivity index (χ4n) is 2.65. The first-order valence-electron chi connectivity index (χ1n) is 7.66. The van der Waals surface area contributed by atoms with Crippen molar-refractivity contribution in [2.24, 2.45) is 5.92 Å². The lowest BCUT2D eigenvalue weighted by Crippen LogP contribution is -2.20. The fraction of sp³-hybridized carbons (Fsp3) is 0.375. The number of rotatable bonds is 5. The van der Waals surface area contributed by atoms with Crippen LogP contribution in [0.1, 0.15) is 31.4 Å². The first-order valence-corrected chi connectivity index (χ1v) is 8.54. The minimum atomic E-state index is -0.156. The lowest BCUT2D eigenvalue weighted by atomic mass is 10.1. The predicted octanol–water partition coefficient (Wildman–Crippen LogP) is 2.85. The monoisotopic (exact) mass is 330 g/mol. The molecule has 3 rings (SSSR count). The lowest BCUT2D eigenvalue weighted by Gasteiger charge is -2.07. The molecule has 1 fully saturated rings. The summed E-state index contributed by atoms with van der Waals surface area (Å²) in [4.78, 5) is 32.3. The third-order valence-electron chi connectivity index (χ3n) is 3.79. The summed E-state index contributed by atoms with van der Waals surface area (Å²) >= 11 is 1.35. The Morgan fingerprint density at radius 2 is 2.09 bits per heavy atom. The SMILES string of the molecule is O=C(Cc1csc(NC(=O)C2CCCC2)n1)Nc1cccnc1. The molecule has 2 heterocycles. The molecule has 120 valence electrons. The molecule has 2 aromatic heterocycles. The molecule has 0 atom stereocenters. The van der Waals surface area contributed by atoms with Gasteiger partial charge in [-0.1, -0.05) is 12.8 Å². The van der Waals surface area contributed by atoms with Gasteiger partial charge in [-0.3, -0.25) is 14.6 Å². The molecular weight excluding hydrogens is 312 g/mol. The Kier molecular flexibility index (Phi) is 4.97.